The number of ether oxygens (including phenoxy) is 1. The first kappa shape index (κ1) is 17.6. The molecule has 2 amide bonds. The highest BCUT2D eigenvalue weighted by atomic mass is 35.5. The fraction of sp³-hybridized carbons (Fsp3) is 0.429. The number of carbonyl (C=O) groups is 2. The van der Waals surface area contributed by atoms with Crippen molar-refractivity contribution in [2.24, 2.45) is 5.92 Å². The van der Waals surface area contributed by atoms with Crippen molar-refractivity contribution in [2.45, 2.75) is 33.3 Å². The SMILES string of the molecule is CC(C)CC(=O)NNC(=O)[C@H](C)Oc1ccc(Cl)cc1Cl. The Morgan fingerprint density at radius 1 is 1.19 bits per heavy atom. The number of halogens is 2. The van der Waals surface area contributed by atoms with Gasteiger partial charge in [-0.3, -0.25) is 20.4 Å². The van der Waals surface area contributed by atoms with Gasteiger partial charge in [0.25, 0.3) is 5.91 Å². The van der Waals surface area contributed by atoms with Gasteiger partial charge in [-0.25, -0.2) is 0 Å². The number of nitrogens with one attached hydrogen (secondary N) is 2. The van der Waals surface area contributed by atoms with E-state index >= 15 is 0 Å². The van der Waals surface area contributed by atoms with Crippen molar-refractivity contribution in [1.82, 2.24) is 10.9 Å². The Kier molecular flexibility index (Phi) is 6.78. The van der Waals surface area contributed by atoms with Crippen molar-refractivity contribution in [3.05, 3.63) is 28.2 Å². The van der Waals surface area contributed by atoms with Crippen LogP contribution in [0.3, 0.4) is 0 Å². The summed E-state index contributed by atoms with van der Waals surface area (Å²) in [6.45, 7) is 5.38. The molecule has 0 heterocycles. The summed E-state index contributed by atoms with van der Waals surface area (Å²) in [6.07, 6.45) is -0.485. The van der Waals surface area contributed by atoms with E-state index in [2.05, 4.69) is 10.9 Å². The van der Waals surface area contributed by atoms with E-state index in [4.69, 9.17) is 27.9 Å². The van der Waals surface area contributed by atoms with Crippen molar-refractivity contribution < 1.29 is 14.3 Å². The minimum atomic E-state index is -0.817. The second-order valence-corrected chi connectivity index (χ2v) is 5.81. The molecule has 0 saturated carbocycles. The third-order valence-electron chi connectivity index (χ3n) is 2.49. The predicted octanol–water partition coefficient (Wildman–Crippen LogP) is 2.95. The van der Waals surface area contributed by atoms with Gasteiger partial charge in [0.2, 0.25) is 5.91 Å². The van der Waals surface area contributed by atoms with Gasteiger partial charge in [-0.15, -0.1) is 0 Å². The quantitative estimate of drug-likeness (QED) is 0.814. The van der Waals surface area contributed by atoms with Crippen molar-refractivity contribution in [2.75, 3.05) is 0 Å². The molecule has 1 aromatic carbocycles. The van der Waals surface area contributed by atoms with E-state index in [1.54, 1.807) is 19.1 Å². The number of amides is 2. The minimum absolute atomic E-state index is 0.212. The van der Waals surface area contributed by atoms with Gasteiger partial charge in [0.05, 0.1) is 5.02 Å². The topological polar surface area (TPSA) is 67.4 Å². The zero-order chi connectivity index (χ0) is 16.0. The first-order chi connectivity index (χ1) is 9.79. The standard InChI is InChI=1S/C14H18Cl2N2O3/c1-8(2)6-13(19)17-18-14(20)9(3)21-12-5-4-10(15)7-11(12)16/h4-5,7-9H,6H2,1-3H3,(H,17,19)(H,18,20)/t9-/m0/s1. The van der Waals surface area contributed by atoms with Crippen LogP contribution in [0, 0.1) is 5.92 Å². The molecule has 0 fully saturated rings. The molecule has 2 N–H and O–H groups in total. The predicted molar refractivity (Wildman–Crippen MR) is 82.3 cm³/mol. The average molecular weight is 333 g/mol. The van der Waals surface area contributed by atoms with E-state index in [0.717, 1.165) is 0 Å². The van der Waals surface area contributed by atoms with Crippen molar-refractivity contribution >= 4 is 35.0 Å². The zero-order valence-corrected chi connectivity index (χ0v) is 13.6. The van der Waals surface area contributed by atoms with Crippen LogP contribution in [0.5, 0.6) is 5.75 Å². The van der Waals surface area contributed by atoms with Gasteiger partial charge in [0, 0.05) is 11.4 Å². The maximum absolute atomic E-state index is 11.8. The van der Waals surface area contributed by atoms with Crippen LogP contribution in [0.25, 0.3) is 0 Å². The molecule has 1 atom stereocenters. The van der Waals surface area contributed by atoms with E-state index in [1.807, 2.05) is 13.8 Å². The molecule has 116 valence electrons. The van der Waals surface area contributed by atoms with E-state index in [-0.39, 0.29) is 11.8 Å². The molecule has 5 nitrogen and oxygen atoms in total. The lowest BCUT2D eigenvalue weighted by Gasteiger charge is -2.16. The minimum Gasteiger partial charge on any atom is -0.479 e. The monoisotopic (exact) mass is 332 g/mol. The van der Waals surface area contributed by atoms with Crippen LogP contribution < -0.4 is 15.6 Å². The number of benzene rings is 1. The fourth-order valence-electron chi connectivity index (χ4n) is 1.47. The van der Waals surface area contributed by atoms with Gasteiger partial charge in [-0.1, -0.05) is 37.0 Å². The molecule has 0 unspecified atom stereocenters. The van der Waals surface area contributed by atoms with E-state index in [9.17, 15) is 9.59 Å². The highest BCUT2D eigenvalue weighted by Gasteiger charge is 2.17. The summed E-state index contributed by atoms with van der Waals surface area (Å²) < 4.78 is 5.42. The third kappa shape index (κ3) is 6.23. The van der Waals surface area contributed by atoms with Gasteiger partial charge in [-0.05, 0) is 31.0 Å². The molecule has 1 aromatic rings. The Morgan fingerprint density at radius 3 is 2.43 bits per heavy atom. The highest BCUT2D eigenvalue weighted by Crippen LogP contribution is 2.28. The van der Waals surface area contributed by atoms with Gasteiger partial charge in [0.15, 0.2) is 6.10 Å². The lowest BCUT2D eigenvalue weighted by atomic mass is 10.1. The highest BCUT2D eigenvalue weighted by molar-refractivity contribution is 6.35. The maximum Gasteiger partial charge on any atom is 0.279 e. The van der Waals surface area contributed by atoms with Gasteiger partial charge >= 0.3 is 0 Å². The summed E-state index contributed by atoms with van der Waals surface area (Å²) in [6, 6.07) is 4.71. The van der Waals surface area contributed by atoms with Crippen LogP contribution in [-0.2, 0) is 9.59 Å². The summed E-state index contributed by atoms with van der Waals surface area (Å²) >= 11 is 11.7. The number of carbonyl (C=O) groups excluding carboxylic acids is 2. The molecular formula is C14H18Cl2N2O3. The zero-order valence-electron chi connectivity index (χ0n) is 12.1. The Balaban J connectivity index is 2.49. The van der Waals surface area contributed by atoms with E-state index < -0.39 is 12.0 Å². The second kappa shape index (κ2) is 8.10. The van der Waals surface area contributed by atoms with Crippen molar-refractivity contribution in [1.29, 1.82) is 0 Å². The summed E-state index contributed by atoms with van der Waals surface area (Å²) in [7, 11) is 0. The smallest absolute Gasteiger partial charge is 0.279 e. The van der Waals surface area contributed by atoms with Crippen LogP contribution in [-0.4, -0.2) is 17.9 Å². The first-order valence-electron chi connectivity index (χ1n) is 6.50. The molecule has 7 heteroatoms. The molecule has 0 aliphatic heterocycles. The molecule has 0 aromatic heterocycles. The Morgan fingerprint density at radius 2 is 1.86 bits per heavy atom. The molecule has 0 bridgehead atoms. The van der Waals surface area contributed by atoms with Crippen LogP contribution in [0.2, 0.25) is 10.0 Å². The molecule has 0 saturated heterocycles. The van der Waals surface area contributed by atoms with Crippen LogP contribution in [0.15, 0.2) is 18.2 Å². The normalized spacial score (nSPS) is 11.9. The Hall–Kier alpha value is -1.46. The van der Waals surface area contributed by atoms with Gasteiger partial charge in [0.1, 0.15) is 5.75 Å². The molecule has 21 heavy (non-hydrogen) atoms. The number of hydrogen-bond acceptors (Lipinski definition) is 3. The second-order valence-electron chi connectivity index (χ2n) is 4.97. The first-order valence-corrected chi connectivity index (χ1v) is 7.25. The lowest BCUT2D eigenvalue weighted by Crippen LogP contribution is -2.47. The molecule has 0 radical (unpaired) electrons. The molecular weight excluding hydrogens is 315 g/mol. The molecule has 0 aliphatic carbocycles. The largest absolute Gasteiger partial charge is 0.479 e. The molecule has 0 spiro atoms. The van der Waals surface area contributed by atoms with E-state index in [1.165, 1.54) is 6.07 Å². The molecule has 0 aliphatic rings. The average Bonchev–Trinajstić information content (AvgIpc) is 2.38. The summed E-state index contributed by atoms with van der Waals surface area (Å²) in [4.78, 5) is 23.2. The van der Waals surface area contributed by atoms with Crippen molar-refractivity contribution in [3.8, 4) is 5.75 Å². The number of hydrogen-bond donors (Lipinski definition) is 2. The van der Waals surface area contributed by atoms with Gasteiger partial charge in [-0.2, -0.15) is 0 Å². The van der Waals surface area contributed by atoms with Crippen LogP contribution in [0.4, 0.5) is 0 Å². The van der Waals surface area contributed by atoms with Crippen LogP contribution >= 0.6 is 23.2 Å². The van der Waals surface area contributed by atoms with Crippen molar-refractivity contribution in [3.63, 3.8) is 0 Å². The maximum atomic E-state index is 11.8. The van der Waals surface area contributed by atoms with Gasteiger partial charge < -0.3 is 4.74 Å². The summed E-state index contributed by atoms with van der Waals surface area (Å²) in [5.41, 5.74) is 4.64. The van der Waals surface area contributed by atoms with Crippen LogP contribution in [0.1, 0.15) is 27.2 Å². The fourth-order valence-corrected chi connectivity index (χ4v) is 1.92. The molecule has 1 rings (SSSR count). The summed E-state index contributed by atoms with van der Waals surface area (Å²) in [5, 5.41) is 0.788. The third-order valence-corrected chi connectivity index (χ3v) is 3.02. The number of rotatable bonds is 5. The summed E-state index contributed by atoms with van der Waals surface area (Å²) in [5.74, 6) is -0.172. The lowest BCUT2D eigenvalue weighted by molar-refractivity contribution is -0.133. The Labute approximate surface area is 133 Å². The Bertz CT molecular complexity index is 521. The van der Waals surface area contributed by atoms with E-state index in [0.29, 0.717) is 22.2 Å². The number of hydrazine groups is 1.